The lowest BCUT2D eigenvalue weighted by Gasteiger charge is -2.60. The molecular formula is C24H37N3O4. The van der Waals surface area contributed by atoms with Gasteiger partial charge >= 0.3 is 0 Å². The van der Waals surface area contributed by atoms with Gasteiger partial charge in [0.1, 0.15) is 19.0 Å². The molecule has 5 aliphatic rings. The van der Waals surface area contributed by atoms with E-state index < -0.39 is 0 Å². The molecule has 31 heavy (non-hydrogen) atoms. The lowest BCUT2D eigenvalue weighted by Crippen LogP contribution is -2.59. The number of Topliss-reactive ketones (excluding diaryl/α,β-unsaturated/α-hetero) is 1. The predicted molar refractivity (Wildman–Crippen MR) is 118 cm³/mol. The van der Waals surface area contributed by atoms with Gasteiger partial charge in [-0.3, -0.25) is 4.79 Å². The number of fused-ring (bicyclic) bond motifs is 5. The Morgan fingerprint density at radius 1 is 1.13 bits per heavy atom. The highest BCUT2D eigenvalue weighted by Crippen LogP contribution is 2.64. The SMILES string of the molecule is CON=C1CC2C(CC[C@]3(C)C(=O)CCC23)[C@@]2(CO)CCC(=NO[C@H]3CCNC3)C[C@H]12. The number of hydrogen-bond acceptors (Lipinski definition) is 7. The molecule has 7 atom stereocenters. The first kappa shape index (κ1) is 21.4. The molecule has 5 fully saturated rings. The van der Waals surface area contributed by atoms with Crippen LogP contribution >= 0.6 is 0 Å². The number of ketones is 1. The van der Waals surface area contributed by atoms with Crippen LogP contribution in [0.15, 0.2) is 10.3 Å². The van der Waals surface area contributed by atoms with Crippen molar-refractivity contribution in [2.75, 3.05) is 26.8 Å². The molecule has 172 valence electrons. The van der Waals surface area contributed by atoms with Crippen LogP contribution in [0.3, 0.4) is 0 Å². The minimum absolute atomic E-state index is 0.137. The third-order valence-corrected chi connectivity index (χ3v) is 9.59. The second-order valence-corrected chi connectivity index (χ2v) is 10.8. The number of oxime groups is 2. The Labute approximate surface area is 185 Å². The summed E-state index contributed by atoms with van der Waals surface area (Å²) in [6, 6.07) is 0. The van der Waals surface area contributed by atoms with Gasteiger partial charge in [0.25, 0.3) is 0 Å². The lowest BCUT2D eigenvalue weighted by molar-refractivity contribution is -0.135. The number of carbonyl (C=O) groups is 1. The van der Waals surface area contributed by atoms with Crippen LogP contribution in [0, 0.1) is 34.5 Å². The number of aliphatic hydroxyl groups is 1. The van der Waals surface area contributed by atoms with Gasteiger partial charge in [0.05, 0.1) is 11.4 Å². The molecule has 0 aromatic carbocycles. The molecular weight excluding hydrogens is 394 g/mol. The van der Waals surface area contributed by atoms with Crippen LogP contribution in [0.1, 0.15) is 64.7 Å². The third kappa shape index (κ3) is 3.34. The molecule has 7 nitrogen and oxygen atoms in total. The van der Waals surface area contributed by atoms with Crippen LogP contribution in [-0.4, -0.2) is 55.2 Å². The molecule has 1 heterocycles. The van der Waals surface area contributed by atoms with E-state index >= 15 is 0 Å². The molecule has 3 unspecified atom stereocenters. The zero-order valence-corrected chi connectivity index (χ0v) is 18.9. The molecule has 0 amide bonds. The molecule has 0 spiro atoms. The minimum Gasteiger partial charge on any atom is -0.399 e. The zero-order valence-electron chi connectivity index (χ0n) is 18.9. The summed E-state index contributed by atoms with van der Waals surface area (Å²) in [6.45, 7) is 4.20. The Bertz CT molecular complexity index is 777. The predicted octanol–water partition coefficient (Wildman–Crippen LogP) is 2.92. The van der Waals surface area contributed by atoms with Gasteiger partial charge in [0, 0.05) is 42.7 Å². The monoisotopic (exact) mass is 431 g/mol. The first-order valence-electron chi connectivity index (χ1n) is 12.2. The quantitative estimate of drug-likeness (QED) is 0.668. The summed E-state index contributed by atoms with van der Waals surface area (Å²) in [5.74, 6) is 1.82. The minimum atomic E-state index is -0.193. The molecule has 1 saturated heterocycles. The fraction of sp³-hybridized carbons (Fsp3) is 0.875. The van der Waals surface area contributed by atoms with E-state index in [4.69, 9.17) is 9.68 Å². The van der Waals surface area contributed by atoms with E-state index in [9.17, 15) is 9.90 Å². The molecule has 7 heteroatoms. The van der Waals surface area contributed by atoms with Gasteiger partial charge < -0.3 is 20.1 Å². The van der Waals surface area contributed by atoms with Gasteiger partial charge in [-0.25, -0.2) is 0 Å². The summed E-state index contributed by atoms with van der Waals surface area (Å²) in [5.41, 5.74) is 1.75. The van der Waals surface area contributed by atoms with Crippen molar-refractivity contribution >= 4 is 17.2 Å². The maximum absolute atomic E-state index is 12.7. The molecule has 4 aliphatic carbocycles. The highest BCUT2D eigenvalue weighted by atomic mass is 16.6. The zero-order chi connectivity index (χ0) is 21.6. The molecule has 0 bridgehead atoms. The number of nitrogens with one attached hydrogen (secondary N) is 1. The van der Waals surface area contributed by atoms with Crippen LogP contribution < -0.4 is 5.32 Å². The van der Waals surface area contributed by atoms with Gasteiger partial charge in [0.2, 0.25) is 0 Å². The van der Waals surface area contributed by atoms with Crippen molar-refractivity contribution in [3.05, 3.63) is 0 Å². The van der Waals surface area contributed by atoms with E-state index in [1.807, 2.05) is 0 Å². The van der Waals surface area contributed by atoms with Crippen molar-refractivity contribution in [3.63, 3.8) is 0 Å². The summed E-state index contributed by atoms with van der Waals surface area (Å²) >= 11 is 0. The number of carbonyl (C=O) groups excluding carboxylic acids is 1. The summed E-state index contributed by atoms with van der Waals surface area (Å²) in [6.07, 6.45) is 8.27. The molecule has 0 aromatic rings. The number of aliphatic hydroxyl groups excluding tert-OH is 1. The highest BCUT2D eigenvalue weighted by Gasteiger charge is 2.63. The summed E-state index contributed by atoms with van der Waals surface area (Å²) in [5, 5.41) is 23.2. The second kappa shape index (κ2) is 8.14. The average Bonchev–Trinajstić information content (AvgIpc) is 3.40. The van der Waals surface area contributed by atoms with E-state index in [1.165, 1.54) is 0 Å². The third-order valence-electron chi connectivity index (χ3n) is 9.59. The molecule has 2 N–H and O–H groups in total. The van der Waals surface area contributed by atoms with Crippen LogP contribution in [0.25, 0.3) is 0 Å². The summed E-state index contributed by atoms with van der Waals surface area (Å²) < 4.78 is 0. The lowest BCUT2D eigenvalue weighted by atomic mass is 9.44. The first-order valence-corrected chi connectivity index (χ1v) is 12.2. The normalized spacial score (nSPS) is 47.2. The molecule has 4 saturated carbocycles. The topological polar surface area (TPSA) is 92.5 Å². The Balaban J connectivity index is 1.43. The molecule has 0 aromatic heterocycles. The van der Waals surface area contributed by atoms with Crippen molar-refractivity contribution in [3.8, 4) is 0 Å². The van der Waals surface area contributed by atoms with Crippen molar-refractivity contribution in [2.24, 2.45) is 44.8 Å². The average molecular weight is 432 g/mol. The van der Waals surface area contributed by atoms with Crippen LogP contribution in [0.5, 0.6) is 0 Å². The smallest absolute Gasteiger partial charge is 0.141 e. The van der Waals surface area contributed by atoms with Gasteiger partial charge in [-0.05, 0) is 69.2 Å². The van der Waals surface area contributed by atoms with Crippen LogP contribution in [0.2, 0.25) is 0 Å². The number of nitrogens with zero attached hydrogens (tertiary/aromatic N) is 2. The van der Waals surface area contributed by atoms with Gasteiger partial charge in [0.15, 0.2) is 0 Å². The summed E-state index contributed by atoms with van der Waals surface area (Å²) in [7, 11) is 1.61. The number of rotatable bonds is 4. The van der Waals surface area contributed by atoms with Crippen LogP contribution in [-0.2, 0) is 14.5 Å². The van der Waals surface area contributed by atoms with E-state index in [0.717, 1.165) is 75.9 Å². The maximum atomic E-state index is 12.7. The fourth-order valence-corrected chi connectivity index (χ4v) is 7.90. The Morgan fingerprint density at radius 3 is 2.74 bits per heavy atom. The van der Waals surface area contributed by atoms with E-state index in [1.54, 1.807) is 7.11 Å². The Hall–Kier alpha value is -1.47. The first-order chi connectivity index (χ1) is 15.0. The van der Waals surface area contributed by atoms with E-state index in [0.29, 0.717) is 30.0 Å². The fourth-order valence-electron chi connectivity index (χ4n) is 7.90. The number of hydrogen-bond donors (Lipinski definition) is 2. The standard InChI is InChI=1S/C24H37N3O4/c1-23-8-6-19-17(18(23)3-4-22(23)29)12-21(27-30-2)20-11-15(5-9-24(19,20)14-28)26-31-16-7-10-25-13-16/h16-20,25,28H,3-14H2,1-2H3/t16-,17?,18?,19?,20+,23-,24-/m0/s1. The Kier molecular flexibility index (Phi) is 5.62. The van der Waals surface area contributed by atoms with Crippen molar-refractivity contribution in [1.29, 1.82) is 0 Å². The van der Waals surface area contributed by atoms with Gasteiger partial charge in [-0.2, -0.15) is 0 Å². The van der Waals surface area contributed by atoms with Gasteiger partial charge in [-0.1, -0.05) is 17.2 Å². The van der Waals surface area contributed by atoms with Crippen molar-refractivity contribution in [2.45, 2.75) is 70.8 Å². The van der Waals surface area contributed by atoms with Crippen molar-refractivity contribution in [1.82, 2.24) is 5.32 Å². The second-order valence-electron chi connectivity index (χ2n) is 10.8. The molecule has 1 aliphatic heterocycles. The van der Waals surface area contributed by atoms with Crippen molar-refractivity contribution < 1.29 is 19.6 Å². The largest absolute Gasteiger partial charge is 0.399 e. The highest BCUT2D eigenvalue weighted by molar-refractivity contribution is 5.96. The van der Waals surface area contributed by atoms with Crippen LogP contribution in [0.4, 0.5) is 0 Å². The van der Waals surface area contributed by atoms with Gasteiger partial charge in [-0.15, -0.1) is 0 Å². The molecule has 0 radical (unpaired) electrons. The molecule has 5 rings (SSSR count). The summed E-state index contributed by atoms with van der Waals surface area (Å²) in [4.78, 5) is 23.9. The van der Waals surface area contributed by atoms with E-state index in [-0.39, 0.29) is 29.5 Å². The van der Waals surface area contributed by atoms with E-state index in [2.05, 4.69) is 22.6 Å². The maximum Gasteiger partial charge on any atom is 0.141 e. The Morgan fingerprint density at radius 2 is 2.00 bits per heavy atom.